The van der Waals surface area contributed by atoms with E-state index in [-0.39, 0.29) is 0 Å². The standard InChI is InChI=1S/C17H19BrN2/c18-15-9-13(10-16(19)11-15)12-20-8-4-7-17(20)14-5-2-1-3-6-14/h1-3,5-6,9-11,17H,4,7-8,12,19H2. The van der Waals surface area contributed by atoms with Crippen molar-refractivity contribution in [3.05, 3.63) is 64.1 Å². The van der Waals surface area contributed by atoms with Gasteiger partial charge < -0.3 is 5.73 Å². The lowest BCUT2D eigenvalue weighted by Gasteiger charge is -2.25. The molecule has 0 amide bonds. The van der Waals surface area contributed by atoms with Gasteiger partial charge in [0.15, 0.2) is 0 Å². The predicted octanol–water partition coefficient (Wildman–Crippen LogP) is 4.37. The number of nitrogens with zero attached hydrogens (tertiary/aromatic N) is 1. The fraction of sp³-hybridized carbons (Fsp3) is 0.294. The van der Waals surface area contributed by atoms with Gasteiger partial charge >= 0.3 is 0 Å². The van der Waals surface area contributed by atoms with Crippen LogP contribution in [0.25, 0.3) is 0 Å². The van der Waals surface area contributed by atoms with E-state index < -0.39 is 0 Å². The first-order chi connectivity index (χ1) is 9.72. The van der Waals surface area contributed by atoms with Crippen LogP contribution in [0.3, 0.4) is 0 Å². The molecule has 0 aliphatic carbocycles. The Morgan fingerprint density at radius 2 is 1.95 bits per heavy atom. The Labute approximate surface area is 128 Å². The number of hydrogen-bond donors (Lipinski definition) is 1. The third-order valence-electron chi connectivity index (χ3n) is 3.91. The largest absolute Gasteiger partial charge is 0.399 e. The second kappa shape index (κ2) is 5.98. The molecule has 1 atom stereocenters. The Balaban J connectivity index is 1.79. The molecule has 1 saturated heterocycles. The highest BCUT2D eigenvalue weighted by Crippen LogP contribution is 2.33. The minimum absolute atomic E-state index is 0.538. The first-order valence-electron chi connectivity index (χ1n) is 7.06. The smallest absolute Gasteiger partial charge is 0.0352 e. The van der Waals surface area contributed by atoms with Crippen molar-refractivity contribution in [3.63, 3.8) is 0 Å². The van der Waals surface area contributed by atoms with Gasteiger partial charge in [-0.05, 0) is 48.7 Å². The van der Waals surface area contributed by atoms with Crippen LogP contribution in [0.1, 0.15) is 30.0 Å². The fourth-order valence-electron chi connectivity index (χ4n) is 3.07. The van der Waals surface area contributed by atoms with Gasteiger partial charge in [0.2, 0.25) is 0 Å². The molecule has 20 heavy (non-hydrogen) atoms. The molecule has 3 rings (SSSR count). The van der Waals surface area contributed by atoms with Crippen molar-refractivity contribution >= 4 is 21.6 Å². The van der Waals surface area contributed by atoms with Crippen LogP contribution in [0.4, 0.5) is 5.69 Å². The normalized spacial score (nSPS) is 19.4. The van der Waals surface area contributed by atoms with Crippen LogP contribution in [0.5, 0.6) is 0 Å². The highest BCUT2D eigenvalue weighted by Gasteiger charge is 2.25. The number of anilines is 1. The minimum atomic E-state index is 0.538. The molecule has 3 heteroatoms. The van der Waals surface area contributed by atoms with Crippen LogP contribution in [-0.4, -0.2) is 11.4 Å². The Morgan fingerprint density at radius 3 is 2.70 bits per heavy atom. The zero-order chi connectivity index (χ0) is 13.9. The number of nitrogens with two attached hydrogens (primary N) is 1. The molecule has 2 aromatic rings. The van der Waals surface area contributed by atoms with Crippen molar-refractivity contribution in [2.24, 2.45) is 0 Å². The molecule has 0 bridgehead atoms. The Hall–Kier alpha value is -1.32. The van der Waals surface area contributed by atoms with E-state index in [1.165, 1.54) is 24.0 Å². The summed E-state index contributed by atoms with van der Waals surface area (Å²) in [4.78, 5) is 2.55. The average molecular weight is 331 g/mol. The molecule has 0 aromatic heterocycles. The zero-order valence-corrected chi connectivity index (χ0v) is 13.0. The number of benzene rings is 2. The highest BCUT2D eigenvalue weighted by molar-refractivity contribution is 9.10. The highest BCUT2D eigenvalue weighted by atomic mass is 79.9. The van der Waals surface area contributed by atoms with Gasteiger partial charge in [-0.3, -0.25) is 4.90 Å². The summed E-state index contributed by atoms with van der Waals surface area (Å²) < 4.78 is 1.06. The molecular formula is C17H19BrN2. The summed E-state index contributed by atoms with van der Waals surface area (Å²) >= 11 is 3.52. The first kappa shape index (κ1) is 13.7. The topological polar surface area (TPSA) is 29.3 Å². The average Bonchev–Trinajstić information content (AvgIpc) is 2.86. The fourth-order valence-corrected chi connectivity index (χ4v) is 3.63. The molecule has 2 aromatic carbocycles. The summed E-state index contributed by atoms with van der Waals surface area (Å²) in [5, 5.41) is 0. The van der Waals surface area contributed by atoms with E-state index in [2.05, 4.69) is 63.3 Å². The SMILES string of the molecule is Nc1cc(Br)cc(CN2CCCC2c2ccccc2)c1. The minimum Gasteiger partial charge on any atom is -0.399 e. The number of likely N-dealkylation sites (tertiary alicyclic amines) is 1. The lowest BCUT2D eigenvalue weighted by molar-refractivity contribution is 0.248. The van der Waals surface area contributed by atoms with Crippen molar-refractivity contribution in [1.29, 1.82) is 0 Å². The molecule has 104 valence electrons. The van der Waals surface area contributed by atoms with Crippen LogP contribution < -0.4 is 5.73 Å². The quantitative estimate of drug-likeness (QED) is 0.847. The first-order valence-corrected chi connectivity index (χ1v) is 7.85. The number of nitrogen functional groups attached to an aromatic ring is 1. The lowest BCUT2D eigenvalue weighted by atomic mass is 10.0. The van der Waals surface area contributed by atoms with Crippen molar-refractivity contribution in [1.82, 2.24) is 4.90 Å². The maximum absolute atomic E-state index is 5.93. The summed E-state index contributed by atoms with van der Waals surface area (Å²) in [5.41, 5.74) is 9.46. The van der Waals surface area contributed by atoms with Gasteiger partial charge in [-0.25, -0.2) is 0 Å². The zero-order valence-electron chi connectivity index (χ0n) is 11.4. The maximum Gasteiger partial charge on any atom is 0.0352 e. The Kier molecular flexibility index (Phi) is 4.08. The summed E-state index contributed by atoms with van der Waals surface area (Å²) in [5.74, 6) is 0. The van der Waals surface area contributed by atoms with E-state index >= 15 is 0 Å². The molecule has 1 fully saturated rings. The second-order valence-electron chi connectivity index (χ2n) is 5.43. The van der Waals surface area contributed by atoms with Crippen molar-refractivity contribution < 1.29 is 0 Å². The summed E-state index contributed by atoms with van der Waals surface area (Å²) in [6, 6.07) is 17.5. The lowest BCUT2D eigenvalue weighted by Crippen LogP contribution is -2.22. The molecule has 2 N–H and O–H groups in total. The van der Waals surface area contributed by atoms with Gasteiger partial charge in [-0.2, -0.15) is 0 Å². The molecule has 0 spiro atoms. The van der Waals surface area contributed by atoms with E-state index in [4.69, 9.17) is 5.73 Å². The van der Waals surface area contributed by atoms with Gasteiger partial charge in [0.25, 0.3) is 0 Å². The molecular weight excluding hydrogens is 312 g/mol. The summed E-state index contributed by atoms with van der Waals surface area (Å²) in [7, 11) is 0. The van der Waals surface area contributed by atoms with E-state index in [1.54, 1.807) is 0 Å². The molecule has 1 heterocycles. The molecule has 1 aliphatic rings. The van der Waals surface area contributed by atoms with Gasteiger partial charge in [0, 0.05) is 22.7 Å². The molecule has 1 aliphatic heterocycles. The van der Waals surface area contributed by atoms with Gasteiger partial charge in [0.05, 0.1) is 0 Å². The predicted molar refractivity (Wildman–Crippen MR) is 87.4 cm³/mol. The number of rotatable bonds is 3. The summed E-state index contributed by atoms with van der Waals surface area (Å²) in [6.45, 7) is 2.12. The molecule has 0 saturated carbocycles. The number of halogens is 1. The third-order valence-corrected chi connectivity index (χ3v) is 4.37. The van der Waals surface area contributed by atoms with Crippen LogP contribution in [-0.2, 0) is 6.54 Å². The van der Waals surface area contributed by atoms with Crippen LogP contribution in [0, 0.1) is 0 Å². The second-order valence-corrected chi connectivity index (χ2v) is 6.35. The number of hydrogen-bond acceptors (Lipinski definition) is 2. The van der Waals surface area contributed by atoms with E-state index in [0.29, 0.717) is 6.04 Å². The Bertz CT molecular complexity index is 563. The van der Waals surface area contributed by atoms with Crippen molar-refractivity contribution in [2.75, 3.05) is 12.3 Å². The van der Waals surface area contributed by atoms with Gasteiger partial charge in [-0.15, -0.1) is 0 Å². The van der Waals surface area contributed by atoms with E-state index in [1.807, 2.05) is 6.07 Å². The van der Waals surface area contributed by atoms with Crippen LogP contribution >= 0.6 is 15.9 Å². The maximum atomic E-state index is 5.93. The molecule has 0 radical (unpaired) electrons. The Morgan fingerprint density at radius 1 is 1.15 bits per heavy atom. The van der Waals surface area contributed by atoms with Gasteiger partial charge in [0.1, 0.15) is 0 Å². The van der Waals surface area contributed by atoms with Crippen molar-refractivity contribution in [2.45, 2.75) is 25.4 Å². The summed E-state index contributed by atoms with van der Waals surface area (Å²) in [6.07, 6.45) is 2.51. The van der Waals surface area contributed by atoms with Crippen LogP contribution in [0.15, 0.2) is 53.0 Å². The molecule has 1 unspecified atom stereocenters. The van der Waals surface area contributed by atoms with Crippen LogP contribution in [0.2, 0.25) is 0 Å². The van der Waals surface area contributed by atoms with E-state index in [0.717, 1.165) is 23.2 Å². The van der Waals surface area contributed by atoms with E-state index in [9.17, 15) is 0 Å². The van der Waals surface area contributed by atoms with Crippen molar-refractivity contribution in [3.8, 4) is 0 Å². The molecule has 2 nitrogen and oxygen atoms in total. The third kappa shape index (κ3) is 3.05. The monoisotopic (exact) mass is 330 g/mol. The van der Waals surface area contributed by atoms with Gasteiger partial charge in [-0.1, -0.05) is 46.3 Å².